The Labute approximate surface area is 107 Å². The van der Waals surface area contributed by atoms with E-state index in [1.165, 1.54) is 0 Å². The van der Waals surface area contributed by atoms with E-state index in [9.17, 15) is 9.59 Å². The molecule has 0 saturated heterocycles. The van der Waals surface area contributed by atoms with Gasteiger partial charge in [-0.05, 0) is 38.0 Å². The van der Waals surface area contributed by atoms with Crippen molar-refractivity contribution in [3.63, 3.8) is 0 Å². The highest BCUT2D eigenvalue weighted by Crippen LogP contribution is 2.13. The summed E-state index contributed by atoms with van der Waals surface area (Å²) in [6.07, 6.45) is 0.925. The van der Waals surface area contributed by atoms with E-state index in [1.807, 2.05) is 19.1 Å². The second-order valence-electron chi connectivity index (χ2n) is 4.92. The maximum absolute atomic E-state index is 11.8. The SMILES string of the molecule is CCc1ccc(C(=O)NCC(C)(C)C(=O)O)cc1. The number of carboxylic acids is 1. The second kappa shape index (κ2) is 5.67. The lowest BCUT2D eigenvalue weighted by Crippen LogP contribution is -2.38. The first kappa shape index (κ1) is 14.2. The number of carbonyl (C=O) groups excluding carboxylic acids is 1. The Kier molecular flexibility index (Phi) is 4.48. The van der Waals surface area contributed by atoms with Crippen molar-refractivity contribution in [2.75, 3.05) is 6.54 Å². The largest absolute Gasteiger partial charge is 0.481 e. The van der Waals surface area contributed by atoms with Crippen molar-refractivity contribution in [1.82, 2.24) is 5.32 Å². The zero-order chi connectivity index (χ0) is 13.8. The van der Waals surface area contributed by atoms with Crippen LogP contribution in [0.15, 0.2) is 24.3 Å². The predicted molar refractivity (Wildman–Crippen MR) is 69.6 cm³/mol. The third kappa shape index (κ3) is 3.58. The molecule has 98 valence electrons. The Hall–Kier alpha value is -1.84. The molecule has 4 nitrogen and oxygen atoms in total. The zero-order valence-electron chi connectivity index (χ0n) is 11.0. The van der Waals surface area contributed by atoms with Crippen LogP contribution in [0.3, 0.4) is 0 Å². The first-order chi connectivity index (χ1) is 8.36. The Bertz CT molecular complexity index is 435. The van der Waals surface area contributed by atoms with Gasteiger partial charge in [0.25, 0.3) is 5.91 Å². The van der Waals surface area contributed by atoms with Gasteiger partial charge in [-0.3, -0.25) is 9.59 Å². The molecule has 0 bridgehead atoms. The van der Waals surface area contributed by atoms with Crippen LogP contribution in [0.2, 0.25) is 0 Å². The third-order valence-corrected chi connectivity index (χ3v) is 2.89. The highest BCUT2D eigenvalue weighted by Gasteiger charge is 2.27. The lowest BCUT2D eigenvalue weighted by atomic mass is 9.94. The smallest absolute Gasteiger partial charge is 0.310 e. The first-order valence-corrected chi connectivity index (χ1v) is 5.97. The minimum absolute atomic E-state index is 0.108. The highest BCUT2D eigenvalue weighted by molar-refractivity contribution is 5.94. The van der Waals surface area contributed by atoms with E-state index in [0.29, 0.717) is 5.56 Å². The van der Waals surface area contributed by atoms with Gasteiger partial charge in [-0.15, -0.1) is 0 Å². The maximum Gasteiger partial charge on any atom is 0.310 e. The molecule has 0 aliphatic rings. The fourth-order valence-electron chi connectivity index (χ4n) is 1.37. The molecule has 0 atom stereocenters. The van der Waals surface area contributed by atoms with Crippen molar-refractivity contribution in [3.05, 3.63) is 35.4 Å². The molecular weight excluding hydrogens is 230 g/mol. The molecule has 1 aromatic rings. The van der Waals surface area contributed by atoms with Gasteiger partial charge in [-0.1, -0.05) is 19.1 Å². The van der Waals surface area contributed by atoms with Gasteiger partial charge in [-0.2, -0.15) is 0 Å². The molecule has 18 heavy (non-hydrogen) atoms. The molecule has 0 aromatic heterocycles. The fraction of sp³-hybridized carbons (Fsp3) is 0.429. The van der Waals surface area contributed by atoms with Gasteiger partial charge in [-0.25, -0.2) is 0 Å². The number of benzene rings is 1. The first-order valence-electron chi connectivity index (χ1n) is 5.97. The predicted octanol–water partition coefficient (Wildman–Crippen LogP) is 2.09. The van der Waals surface area contributed by atoms with Gasteiger partial charge in [0, 0.05) is 12.1 Å². The van der Waals surface area contributed by atoms with E-state index in [0.717, 1.165) is 12.0 Å². The second-order valence-corrected chi connectivity index (χ2v) is 4.92. The van der Waals surface area contributed by atoms with E-state index in [1.54, 1.807) is 26.0 Å². The number of nitrogens with one attached hydrogen (secondary N) is 1. The Morgan fingerprint density at radius 3 is 2.22 bits per heavy atom. The van der Waals surface area contributed by atoms with Crippen LogP contribution in [0.1, 0.15) is 36.7 Å². The summed E-state index contributed by atoms with van der Waals surface area (Å²) in [5, 5.41) is 11.6. The molecule has 1 rings (SSSR count). The van der Waals surface area contributed by atoms with E-state index >= 15 is 0 Å². The van der Waals surface area contributed by atoms with Crippen LogP contribution < -0.4 is 5.32 Å². The number of aryl methyl sites for hydroxylation is 1. The molecular formula is C14H19NO3. The molecule has 0 spiro atoms. The summed E-state index contributed by atoms with van der Waals surface area (Å²) >= 11 is 0. The maximum atomic E-state index is 11.8. The normalized spacial score (nSPS) is 11.1. The third-order valence-electron chi connectivity index (χ3n) is 2.89. The van der Waals surface area contributed by atoms with E-state index in [4.69, 9.17) is 5.11 Å². The van der Waals surface area contributed by atoms with Crippen LogP contribution in [0.5, 0.6) is 0 Å². The van der Waals surface area contributed by atoms with Gasteiger partial charge in [0.2, 0.25) is 0 Å². The molecule has 2 N–H and O–H groups in total. The van der Waals surface area contributed by atoms with Crippen molar-refractivity contribution >= 4 is 11.9 Å². The summed E-state index contributed by atoms with van der Waals surface area (Å²) < 4.78 is 0. The molecule has 0 aliphatic heterocycles. The number of hydrogen-bond acceptors (Lipinski definition) is 2. The fourth-order valence-corrected chi connectivity index (χ4v) is 1.37. The average Bonchev–Trinajstić information content (AvgIpc) is 2.36. The summed E-state index contributed by atoms with van der Waals surface area (Å²) in [6.45, 7) is 5.31. The molecule has 0 fully saturated rings. The minimum atomic E-state index is -0.959. The van der Waals surface area contributed by atoms with Gasteiger partial charge in [0.05, 0.1) is 5.41 Å². The standard InChI is InChI=1S/C14H19NO3/c1-4-10-5-7-11(8-6-10)12(16)15-9-14(2,3)13(17)18/h5-8H,4,9H2,1-3H3,(H,15,16)(H,17,18). The molecule has 0 unspecified atom stereocenters. The molecule has 1 amide bonds. The van der Waals surface area contributed by atoms with Crippen LogP contribution in [0, 0.1) is 5.41 Å². The van der Waals surface area contributed by atoms with Crippen LogP contribution >= 0.6 is 0 Å². The monoisotopic (exact) mass is 249 g/mol. The van der Waals surface area contributed by atoms with Crippen LogP contribution in [-0.2, 0) is 11.2 Å². The quantitative estimate of drug-likeness (QED) is 0.839. The number of carboxylic acid groups (broad SMARTS) is 1. The van der Waals surface area contributed by atoms with E-state index in [2.05, 4.69) is 5.32 Å². The number of amides is 1. The van der Waals surface area contributed by atoms with Crippen molar-refractivity contribution in [2.24, 2.45) is 5.41 Å². The number of aliphatic carboxylic acids is 1. The minimum Gasteiger partial charge on any atom is -0.481 e. The topological polar surface area (TPSA) is 66.4 Å². The Morgan fingerprint density at radius 1 is 1.22 bits per heavy atom. The number of carbonyl (C=O) groups is 2. The summed E-state index contributed by atoms with van der Waals surface area (Å²) in [7, 11) is 0. The van der Waals surface area contributed by atoms with E-state index < -0.39 is 11.4 Å². The molecule has 1 aromatic carbocycles. The molecule has 0 saturated carbocycles. The van der Waals surface area contributed by atoms with E-state index in [-0.39, 0.29) is 12.5 Å². The lowest BCUT2D eigenvalue weighted by molar-refractivity contribution is -0.146. The van der Waals surface area contributed by atoms with Crippen LogP contribution in [-0.4, -0.2) is 23.5 Å². The van der Waals surface area contributed by atoms with Gasteiger partial charge >= 0.3 is 5.97 Å². The molecule has 0 aliphatic carbocycles. The highest BCUT2D eigenvalue weighted by atomic mass is 16.4. The average molecular weight is 249 g/mol. The van der Waals surface area contributed by atoms with Gasteiger partial charge in [0.15, 0.2) is 0 Å². The Balaban J connectivity index is 2.63. The van der Waals surface area contributed by atoms with Gasteiger partial charge < -0.3 is 10.4 Å². The van der Waals surface area contributed by atoms with Crippen LogP contribution in [0.4, 0.5) is 0 Å². The van der Waals surface area contributed by atoms with Crippen molar-refractivity contribution in [3.8, 4) is 0 Å². The lowest BCUT2D eigenvalue weighted by Gasteiger charge is -2.19. The summed E-state index contributed by atoms with van der Waals surface area (Å²) in [4.78, 5) is 22.7. The van der Waals surface area contributed by atoms with Crippen molar-refractivity contribution < 1.29 is 14.7 Å². The number of rotatable bonds is 5. The van der Waals surface area contributed by atoms with Crippen LogP contribution in [0.25, 0.3) is 0 Å². The van der Waals surface area contributed by atoms with Gasteiger partial charge in [0.1, 0.15) is 0 Å². The summed E-state index contributed by atoms with van der Waals surface area (Å²) in [5.41, 5.74) is 0.754. The summed E-state index contributed by atoms with van der Waals surface area (Å²) in [6, 6.07) is 7.30. The van der Waals surface area contributed by atoms with Crippen molar-refractivity contribution in [2.45, 2.75) is 27.2 Å². The van der Waals surface area contributed by atoms with Crippen molar-refractivity contribution in [1.29, 1.82) is 0 Å². The zero-order valence-corrected chi connectivity index (χ0v) is 11.0. The Morgan fingerprint density at radius 2 is 1.78 bits per heavy atom. The molecule has 4 heteroatoms. The number of hydrogen-bond donors (Lipinski definition) is 2. The molecule has 0 heterocycles. The molecule has 0 radical (unpaired) electrons. The summed E-state index contributed by atoms with van der Waals surface area (Å²) in [5.74, 6) is -1.17.